The Bertz CT molecular complexity index is 566. The van der Waals surface area contributed by atoms with E-state index in [9.17, 15) is 0 Å². The largest absolute Gasteiger partial charge is 0.497 e. The van der Waals surface area contributed by atoms with Crippen LogP contribution in [-0.4, -0.2) is 16.9 Å². The van der Waals surface area contributed by atoms with Crippen LogP contribution in [0.15, 0.2) is 30.5 Å². The Morgan fingerprint density at radius 1 is 1.35 bits per heavy atom. The molecule has 1 aromatic heterocycles. The molecule has 0 saturated carbocycles. The van der Waals surface area contributed by atoms with Gasteiger partial charge in [-0.2, -0.15) is 5.10 Å². The highest BCUT2D eigenvalue weighted by atomic mass is 16.5. The van der Waals surface area contributed by atoms with E-state index in [0.717, 1.165) is 17.9 Å². The lowest BCUT2D eigenvalue weighted by atomic mass is 10.3. The van der Waals surface area contributed by atoms with Gasteiger partial charge < -0.3 is 15.2 Å². The molecular formula is C15H21N3O2. The standard InChI is InChI=1S/C15H21N3O2/c1-4-11(2)18-8-7-12(17-18)10-20-15-9-13(19-3)5-6-14(15)16/h5-9,11H,4,10,16H2,1-3H3. The summed E-state index contributed by atoms with van der Waals surface area (Å²) in [6.45, 7) is 4.66. The number of methoxy groups -OCH3 is 1. The first kappa shape index (κ1) is 14.2. The summed E-state index contributed by atoms with van der Waals surface area (Å²) in [5.41, 5.74) is 7.35. The van der Waals surface area contributed by atoms with Crippen LogP contribution in [-0.2, 0) is 6.61 Å². The summed E-state index contributed by atoms with van der Waals surface area (Å²) in [6, 6.07) is 7.71. The van der Waals surface area contributed by atoms with Gasteiger partial charge in [0, 0.05) is 18.3 Å². The van der Waals surface area contributed by atoms with E-state index in [1.54, 1.807) is 25.3 Å². The Labute approximate surface area is 119 Å². The van der Waals surface area contributed by atoms with Crippen molar-refractivity contribution in [2.45, 2.75) is 32.9 Å². The maximum atomic E-state index is 5.88. The van der Waals surface area contributed by atoms with Gasteiger partial charge in [-0.15, -0.1) is 0 Å². The van der Waals surface area contributed by atoms with Crippen LogP contribution in [0, 0.1) is 0 Å². The molecule has 1 unspecified atom stereocenters. The Kier molecular flexibility index (Phi) is 4.50. The van der Waals surface area contributed by atoms with Crippen LogP contribution >= 0.6 is 0 Å². The summed E-state index contributed by atoms with van der Waals surface area (Å²) in [6.07, 6.45) is 3.02. The molecule has 1 atom stereocenters. The van der Waals surface area contributed by atoms with E-state index >= 15 is 0 Å². The summed E-state index contributed by atoms with van der Waals surface area (Å²) in [4.78, 5) is 0. The Balaban J connectivity index is 2.03. The van der Waals surface area contributed by atoms with Gasteiger partial charge in [-0.1, -0.05) is 6.92 Å². The summed E-state index contributed by atoms with van der Waals surface area (Å²) in [5, 5.41) is 4.49. The van der Waals surface area contributed by atoms with Crippen molar-refractivity contribution >= 4 is 5.69 Å². The lowest BCUT2D eigenvalue weighted by Gasteiger charge is -2.10. The SMILES string of the molecule is CCC(C)n1ccc(COc2cc(OC)ccc2N)n1. The zero-order chi connectivity index (χ0) is 14.5. The number of ether oxygens (including phenoxy) is 2. The van der Waals surface area contributed by atoms with Crippen LogP contribution in [0.5, 0.6) is 11.5 Å². The van der Waals surface area contributed by atoms with Crippen molar-refractivity contribution in [2.24, 2.45) is 0 Å². The van der Waals surface area contributed by atoms with Gasteiger partial charge in [-0.3, -0.25) is 4.68 Å². The van der Waals surface area contributed by atoms with Crippen molar-refractivity contribution in [3.05, 3.63) is 36.2 Å². The monoisotopic (exact) mass is 275 g/mol. The van der Waals surface area contributed by atoms with Crippen molar-refractivity contribution < 1.29 is 9.47 Å². The zero-order valence-corrected chi connectivity index (χ0v) is 12.2. The molecule has 0 bridgehead atoms. The quantitative estimate of drug-likeness (QED) is 0.823. The molecule has 0 fully saturated rings. The lowest BCUT2D eigenvalue weighted by molar-refractivity contribution is 0.297. The third-order valence-electron chi connectivity index (χ3n) is 3.30. The molecule has 0 aliphatic heterocycles. The molecule has 1 aromatic carbocycles. The third-order valence-corrected chi connectivity index (χ3v) is 3.30. The number of rotatable bonds is 6. The van der Waals surface area contributed by atoms with Crippen molar-refractivity contribution in [1.29, 1.82) is 0 Å². The van der Waals surface area contributed by atoms with Gasteiger partial charge in [0.25, 0.3) is 0 Å². The molecule has 0 aliphatic rings. The molecule has 2 N–H and O–H groups in total. The first-order valence-corrected chi connectivity index (χ1v) is 6.74. The Hall–Kier alpha value is -2.17. The van der Waals surface area contributed by atoms with E-state index in [1.165, 1.54) is 0 Å². The summed E-state index contributed by atoms with van der Waals surface area (Å²) < 4.78 is 12.8. The molecule has 20 heavy (non-hydrogen) atoms. The van der Waals surface area contributed by atoms with Crippen LogP contribution < -0.4 is 15.2 Å². The molecule has 2 aromatic rings. The second-order valence-corrected chi connectivity index (χ2v) is 4.74. The minimum Gasteiger partial charge on any atom is -0.497 e. The number of nitrogens with zero attached hydrogens (tertiary/aromatic N) is 2. The predicted octanol–water partition coefficient (Wildman–Crippen LogP) is 3.02. The number of nitrogen functional groups attached to an aromatic ring is 1. The van der Waals surface area contributed by atoms with Crippen LogP contribution in [0.1, 0.15) is 32.0 Å². The smallest absolute Gasteiger partial charge is 0.146 e. The summed E-state index contributed by atoms with van der Waals surface area (Å²) in [7, 11) is 1.61. The van der Waals surface area contributed by atoms with Crippen molar-refractivity contribution in [3.8, 4) is 11.5 Å². The maximum Gasteiger partial charge on any atom is 0.146 e. The van der Waals surface area contributed by atoms with E-state index in [0.29, 0.717) is 24.1 Å². The van der Waals surface area contributed by atoms with Crippen molar-refractivity contribution in [2.75, 3.05) is 12.8 Å². The molecule has 1 heterocycles. The number of hydrogen-bond donors (Lipinski definition) is 1. The number of hydrogen-bond acceptors (Lipinski definition) is 4. The van der Waals surface area contributed by atoms with Gasteiger partial charge in [0.2, 0.25) is 0 Å². The first-order chi connectivity index (χ1) is 9.63. The van der Waals surface area contributed by atoms with Crippen LogP contribution in [0.4, 0.5) is 5.69 Å². The molecule has 0 radical (unpaired) electrons. The lowest BCUT2D eigenvalue weighted by Crippen LogP contribution is -2.06. The van der Waals surface area contributed by atoms with E-state index in [2.05, 4.69) is 18.9 Å². The fraction of sp³-hybridized carbons (Fsp3) is 0.400. The molecule has 2 rings (SSSR count). The second-order valence-electron chi connectivity index (χ2n) is 4.74. The third kappa shape index (κ3) is 3.23. The molecule has 0 aliphatic carbocycles. The maximum absolute atomic E-state index is 5.88. The average molecular weight is 275 g/mol. The molecule has 0 saturated heterocycles. The highest BCUT2D eigenvalue weighted by Gasteiger charge is 2.07. The fourth-order valence-corrected chi connectivity index (χ4v) is 1.81. The van der Waals surface area contributed by atoms with Crippen LogP contribution in [0.25, 0.3) is 0 Å². The van der Waals surface area contributed by atoms with Crippen LogP contribution in [0.2, 0.25) is 0 Å². The second kappa shape index (κ2) is 6.32. The zero-order valence-electron chi connectivity index (χ0n) is 12.2. The van der Waals surface area contributed by atoms with Gasteiger partial charge in [0.05, 0.1) is 18.5 Å². The Morgan fingerprint density at radius 3 is 2.85 bits per heavy atom. The molecule has 0 amide bonds. The average Bonchev–Trinajstić information content (AvgIpc) is 2.94. The van der Waals surface area contributed by atoms with E-state index in [-0.39, 0.29) is 0 Å². The van der Waals surface area contributed by atoms with Crippen LogP contribution in [0.3, 0.4) is 0 Å². The number of aromatic nitrogens is 2. The number of anilines is 1. The molecule has 5 nitrogen and oxygen atoms in total. The van der Waals surface area contributed by atoms with Crippen molar-refractivity contribution in [1.82, 2.24) is 9.78 Å². The molecule has 108 valence electrons. The molecular weight excluding hydrogens is 254 g/mol. The summed E-state index contributed by atoms with van der Waals surface area (Å²) in [5.74, 6) is 1.33. The van der Waals surface area contributed by atoms with Gasteiger partial charge in [0.1, 0.15) is 18.1 Å². The predicted molar refractivity (Wildman–Crippen MR) is 79.0 cm³/mol. The van der Waals surface area contributed by atoms with E-state index in [1.807, 2.05) is 16.9 Å². The molecule has 5 heteroatoms. The highest BCUT2D eigenvalue weighted by molar-refractivity contribution is 5.55. The fourth-order valence-electron chi connectivity index (χ4n) is 1.81. The van der Waals surface area contributed by atoms with Gasteiger partial charge in [0.15, 0.2) is 0 Å². The Morgan fingerprint density at radius 2 is 2.15 bits per heavy atom. The molecule has 0 spiro atoms. The van der Waals surface area contributed by atoms with Gasteiger partial charge >= 0.3 is 0 Å². The van der Waals surface area contributed by atoms with Gasteiger partial charge in [-0.05, 0) is 31.5 Å². The number of benzene rings is 1. The summed E-state index contributed by atoms with van der Waals surface area (Å²) >= 11 is 0. The minimum atomic E-state index is 0.390. The normalized spacial score (nSPS) is 12.2. The van der Waals surface area contributed by atoms with E-state index < -0.39 is 0 Å². The van der Waals surface area contributed by atoms with Crippen molar-refractivity contribution in [3.63, 3.8) is 0 Å². The van der Waals surface area contributed by atoms with Gasteiger partial charge in [-0.25, -0.2) is 0 Å². The first-order valence-electron chi connectivity index (χ1n) is 6.74. The number of nitrogens with two attached hydrogens (primary N) is 1. The highest BCUT2D eigenvalue weighted by Crippen LogP contribution is 2.27. The van der Waals surface area contributed by atoms with E-state index in [4.69, 9.17) is 15.2 Å². The minimum absolute atomic E-state index is 0.390. The topological polar surface area (TPSA) is 62.3 Å².